The minimum Gasteiger partial charge on any atom is -0.369 e. The van der Waals surface area contributed by atoms with E-state index in [9.17, 15) is 4.79 Å². The van der Waals surface area contributed by atoms with Crippen LogP contribution in [-0.2, 0) is 4.79 Å². The van der Waals surface area contributed by atoms with Crippen molar-refractivity contribution in [2.75, 3.05) is 22.5 Å². The van der Waals surface area contributed by atoms with Crippen molar-refractivity contribution in [1.29, 1.82) is 0 Å². The third kappa shape index (κ3) is 5.25. The van der Waals surface area contributed by atoms with Crippen LogP contribution in [0.4, 0.5) is 11.4 Å². The molecule has 1 aromatic heterocycles. The molecule has 0 spiro atoms. The van der Waals surface area contributed by atoms with Crippen LogP contribution in [0.3, 0.4) is 0 Å². The molecule has 28 heavy (non-hydrogen) atoms. The van der Waals surface area contributed by atoms with Crippen LogP contribution in [0.15, 0.2) is 29.4 Å². The van der Waals surface area contributed by atoms with Gasteiger partial charge in [-0.1, -0.05) is 31.0 Å². The summed E-state index contributed by atoms with van der Waals surface area (Å²) in [7, 11) is 0. The van der Waals surface area contributed by atoms with Gasteiger partial charge in [-0.15, -0.1) is 5.10 Å². The Morgan fingerprint density at radius 2 is 1.96 bits per heavy atom. The molecule has 1 heterocycles. The highest BCUT2D eigenvalue weighted by Gasteiger charge is 2.20. The van der Waals surface area contributed by atoms with Crippen molar-refractivity contribution in [1.82, 2.24) is 20.2 Å². The lowest BCUT2D eigenvalue weighted by Crippen LogP contribution is -2.30. The van der Waals surface area contributed by atoms with Crippen LogP contribution in [0.5, 0.6) is 0 Å². The summed E-state index contributed by atoms with van der Waals surface area (Å²) in [6.07, 6.45) is 5.95. The Labute approximate surface area is 171 Å². The van der Waals surface area contributed by atoms with Crippen LogP contribution in [0.2, 0.25) is 0 Å². The van der Waals surface area contributed by atoms with Gasteiger partial charge in [0.2, 0.25) is 11.1 Å². The third-order valence-corrected chi connectivity index (χ3v) is 6.10. The number of hydrogen-bond donors (Lipinski definition) is 1. The Kier molecular flexibility index (Phi) is 7.30. The maximum absolute atomic E-state index is 12.4. The molecule has 7 nitrogen and oxygen atoms in total. The summed E-state index contributed by atoms with van der Waals surface area (Å²) in [5.74, 6) is 0.245. The number of carbonyl (C=O) groups is 1. The Morgan fingerprint density at radius 3 is 2.61 bits per heavy atom. The molecule has 0 radical (unpaired) electrons. The van der Waals surface area contributed by atoms with Crippen molar-refractivity contribution in [2.24, 2.45) is 0 Å². The van der Waals surface area contributed by atoms with E-state index in [0.717, 1.165) is 35.9 Å². The number of rotatable bonds is 8. The lowest BCUT2D eigenvalue weighted by atomic mass is 9.96. The van der Waals surface area contributed by atoms with E-state index in [4.69, 9.17) is 0 Å². The third-order valence-electron chi connectivity index (χ3n) is 5.16. The van der Waals surface area contributed by atoms with Crippen molar-refractivity contribution in [3.8, 4) is 0 Å². The van der Waals surface area contributed by atoms with Gasteiger partial charge in [0.25, 0.3) is 0 Å². The number of hydrogen-bond acceptors (Lipinski definition) is 6. The van der Waals surface area contributed by atoms with E-state index in [1.54, 1.807) is 0 Å². The first-order valence-corrected chi connectivity index (χ1v) is 11.1. The quantitative estimate of drug-likeness (QED) is 0.669. The van der Waals surface area contributed by atoms with E-state index >= 15 is 0 Å². The molecule has 2 aromatic rings. The van der Waals surface area contributed by atoms with E-state index in [0.29, 0.717) is 17.8 Å². The Morgan fingerprint density at radius 1 is 1.25 bits per heavy atom. The first-order chi connectivity index (χ1) is 13.6. The number of nitrogens with zero attached hydrogens (tertiary/aromatic N) is 5. The average Bonchev–Trinajstić information content (AvgIpc) is 3.17. The first kappa shape index (κ1) is 20.6. The summed E-state index contributed by atoms with van der Waals surface area (Å²) < 4.78 is 1.90. The highest BCUT2D eigenvalue weighted by atomic mass is 32.2. The van der Waals surface area contributed by atoms with Gasteiger partial charge in [-0.05, 0) is 68.3 Å². The second kappa shape index (κ2) is 9.91. The van der Waals surface area contributed by atoms with Gasteiger partial charge in [0.1, 0.15) is 0 Å². The fraction of sp³-hybridized carbons (Fsp3) is 0.600. The highest BCUT2D eigenvalue weighted by Crippen LogP contribution is 2.30. The van der Waals surface area contributed by atoms with Crippen molar-refractivity contribution in [3.63, 3.8) is 0 Å². The molecule has 1 saturated carbocycles. The van der Waals surface area contributed by atoms with Crippen LogP contribution in [0, 0.1) is 0 Å². The van der Waals surface area contributed by atoms with Crippen molar-refractivity contribution < 1.29 is 4.79 Å². The van der Waals surface area contributed by atoms with Gasteiger partial charge < -0.3 is 10.2 Å². The molecule has 0 saturated heterocycles. The minimum atomic E-state index is -0.0489. The summed E-state index contributed by atoms with van der Waals surface area (Å²) in [4.78, 5) is 14.7. The number of carbonyl (C=O) groups excluding carboxylic acids is 1. The van der Waals surface area contributed by atoms with E-state index in [1.165, 1.54) is 31.0 Å². The van der Waals surface area contributed by atoms with Gasteiger partial charge in [-0.2, -0.15) is 0 Å². The fourth-order valence-electron chi connectivity index (χ4n) is 3.74. The van der Waals surface area contributed by atoms with Gasteiger partial charge in [-0.3, -0.25) is 4.79 Å². The number of benzene rings is 1. The smallest absolute Gasteiger partial charge is 0.234 e. The first-order valence-electron chi connectivity index (χ1n) is 10.2. The van der Waals surface area contributed by atoms with Gasteiger partial charge in [-0.25, -0.2) is 4.68 Å². The van der Waals surface area contributed by atoms with Crippen LogP contribution >= 0.6 is 11.8 Å². The van der Waals surface area contributed by atoms with E-state index in [-0.39, 0.29) is 5.91 Å². The zero-order valence-corrected chi connectivity index (χ0v) is 17.8. The fourth-order valence-corrected chi connectivity index (χ4v) is 4.49. The standard InChI is InChI=1S/C20H30N6OS/c1-4-25(15(2)3)17-12-10-16(11-13-17)21-19(27)14-28-20-22-23-24-26(20)18-8-6-5-7-9-18/h10-13,15,18H,4-9,14H2,1-3H3,(H,21,27). The number of tetrazole rings is 1. The molecule has 1 N–H and O–H groups in total. The molecule has 0 bridgehead atoms. The molecule has 1 amide bonds. The van der Waals surface area contributed by atoms with Gasteiger partial charge in [0.15, 0.2) is 0 Å². The monoisotopic (exact) mass is 402 g/mol. The normalized spacial score (nSPS) is 15.0. The zero-order valence-electron chi connectivity index (χ0n) is 17.0. The topological polar surface area (TPSA) is 75.9 Å². The van der Waals surface area contributed by atoms with Gasteiger partial charge in [0.05, 0.1) is 11.8 Å². The molecule has 8 heteroatoms. The molecule has 152 valence electrons. The Hall–Kier alpha value is -2.09. The number of thioether (sulfide) groups is 1. The van der Waals surface area contributed by atoms with E-state index in [2.05, 4.69) is 58.6 Å². The maximum atomic E-state index is 12.4. The molecule has 1 fully saturated rings. The Balaban J connectivity index is 1.53. The second-order valence-corrected chi connectivity index (χ2v) is 8.40. The van der Waals surface area contributed by atoms with Crippen molar-refractivity contribution in [2.45, 2.75) is 70.1 Å². The Bertz CT molecular complexity index is 754. The van der Waals surface area contributed by atoms with Crippen molar-refractivity contribution >= 4 is 29.0 Å². The molecule has 1 aliphatic carbocycles. The van der Waals surface area contributed by atoms with Crippen LogP contribution in [0.1, 0.15) is 58.9 Å². The lowest BCUT2D eigenvalue weighted by Gasteiger charge is -2.27. The molecule has 0 aliphatic heterocycles. The van der Waals surface area contributed by atoms with E-state index in [1.807, 2.05) is 16.8 Å². The van der Waals surface area contributed by atoms with Crippen LogP contribution in [0.25, 0.3) is 0 Å². The zero-order chi connectivity index (χ0) is 19.9. The summed E-state index contributed by atoms with van der Waals surface area (Å²) >= 11 is 1.40. The molecule has 1 aliphatic rings. The molecular weight excluding hydrogens is 372 g/mol. The van der Waals surface area contributed by atoms with E-state index < -0.39 is 0 Å². The van der Waals surface area contributed by atoms with Crippen LogP contribution < -0.4 is 10.2 Å². The number of amides is 1. The van der Waals surface area contributed by atoms with Crippen LogP contribution in [-0.4, -0.2) is 44.5 Å². The SMILES string of the molecule is CCN(c1ccc(NC(=O)CSc2nnnn2C2CCCCC2)cc1)C(C)C. The summed E-state index contributed by atoms with van der Waals surface area (Å²) in [6, 6.07) is 8.82. The molecule has 3 rings (SSSR count). The average molecular weight is 403 g/mol. The van der Waals surface area contributed by atoms with Gasteiger partial charge in [0, 0.05) is 24.0 Å². The summed E-state index contributed by atoms with van der Waals surface area (Å²) in [5, 5.41) is 15.8. The summed E-state index contributed by atoms with van der Waals surface area (Å²) in [5.41, 5.74) is 1.97. The highest BCUT2D eigenvalue weighted by molar-refractivity contribution is 7.99. The number of nitrogens with one attached hydrogen (secondary N) is 1. The molecule has 1 aromatic carbocycles. The largest absolute Gasteiger partial charge is 0.369 e. The number of anilines is 2. The van der Waals surface area contributed by atoms with Crippen molar-refractivity contribution in [3.05, 3.63) is 24.3 Å². The second-order valence-electron chi connectivity index (χ2n) is 7.46. The minimum absolute atomic E-state index is 0.0489. The van der Waals surface area contributed by atoms with Gasteiger partial charge >= 0.3 is 0 Å². The summed E-state index contributed by atoms with van der Waals surface area (Å²) in [6.45, 7) is 7.46. The number of aromatic nitrogens is 4. The molecule has 0 atom stereocenters. The predicted molar refractivity (Wildman–Crippen MR) is 114 cm³/mol. The lowest BCUT2D eigenvalue weighted by molar-refractivity contribution is -0.113. The maximum Gasteiger partial charge on any atom is 0.234 e. The predicted octanol–water partition coefficient (Wildman–Crippen LogP) is 4.14. The molecule has 0 unspecified atom stereocenters. The molecular formula is C20H30N6OS.